The molecule has 0 unspecified atom stereocenters. The van der Waals surface area contributed by atoms with Crippen LogP contribution in [0.4, 0.5) is 0 Å². The zero-order valence-electron chi connectivity index (χ0n) is 11.1. The lowest BCUT2D eigenvalue weighted by molar-refractivity contribution is 0.255. The van der Waals surface area contributed by atoms with Crippen LogP contribution in [-0.2, 0) is 6.54 Å². The molecular formula is C13H22IN3S. The molecule has 0 saturated heterocycles. The fourth-order valence-electron chi connectivity index (χ4n) is 2.11. The molecule has 5 heteroatoms. The first-order chi connectivity index (χ1) is 8.29. The molecule has 0 bridgehead atoms. The van der Waals surface area contributed by atoms with Crippen molar-refractivity contribution in [2.45, 2.75) is 25.8 Å². The highest BCUT2D eigenvalue weighted by atomic mass is 127. The summed E-state index contributed by atoms with van der Waals surface area (Å²) in [5.41, 5.74) is 1.33. The lowest BCUT2D eigenvalue weighted by Crippen LogP contribution is -2.42. The lowest BCUT2D eigenvalue weighted by Gasteiger charge is -2.31. The topological polar surface area (TPSA) is 27.6 Å². The van der Waals surface area contributed by atoms with Gasteiger partial charge in [0.25, 0.3) is 0 Å². The van der Waals surface area contributed by atoms with Crippen LogP contribution in [0.15, 0.2) is 21.8 Å². The van der Waals surface area contributed by atoms with E-state index in [0.717, 1.165) is 25.0 Å². The summed E-state index contributed by atoms with van der Waals surface area (Å²) in [5.74, 6) is 1.88. The maximum Gasteiger partial charge on any atom is 0.193 e. The van der Waals surface area contributed by atoms with Gasteiger partial charge < -0.3 is 10.2 Å². The van der Waals surface area contributed by atoms with Gasteiger partial charge >= 0.3 is 0 Å². The summed E-state index contributed by atoms with van der Waals surface area (Å²) in [6.45, 7) is 1.99. The second kappa shape index (κ2) is 7.99. The highest BCUT2D eigenvalue weighted by Gasteiger charge is 2.20. The zero-order chi connectivity index (χ0) is 12.1. The van der Waals surface area contributed by atoms with E-state index >= 15 is 0 Å². The molecule has 0 radical (unpaired) electrons. The van der Waals surface area contributed by atoms with Crippen molar-refractivity contribution in [2.75, 3.05) is 20.6 Å². The SMILES string of the molecule is CN=C(NCc1ccsc1)N(C)CC1CCC1.I. The van der Waals surface area contributed by atoms with Crippen molar-refractivity contribution < 1.29 is 0 Å². The fourth-order valence-corrected chi connectivity index (χ4v) is 2.78. The first kappa shape index (κ1) is 15.8. The van der Waals surface area contributed by atoms with Crippen LogP contribution in [0.3, 0.4) is 0 Å². The van der Waals surface area contributed by atoms with E-state index in [1.165, 1.54) is 24.8 Å². The van der Waals surface area contributed by atoms with Gasteiger partial charge in [-0.2, -0.15) is 11.3 Å². The van der Waals surface area contributed by atoms with Crippen LogP contribution in [-0.4, -0.2) is 31.5 Å². The van der Waals surface area contributed by atoms with E-state index in [1.54, 1.807) is 11.3 Å². The molecule has 3 nitrogen and oxygen atoms in total. The Hall–Kier alpha value is -0.300. The predicted molar refractivity (Wildman–Crippen MR) is 89.9 cm³/mol. The molecule has 2 rings (SSSR count). The number of guanidine groups is 1. The number of hydrogen-bond acceptors (Lipinski definition) is 2. The Bertz CT molecular complexity index is 360. The Morgan fingerprint density at radius 3 is 2.83 bits per heavy atom. The maximum absolute atomic E-state index is 4.33. The third-order valence-corrected chi connectivity index (χ3v) is 4.09. The monoisotopic (exact) mass is 379 g/mol. The number of nitrogens with zero attached hydrogens (tertiary/aromatic N) is 2. The minimum absolute atomic E-state index is 0. The molecule has 1 aliphatic rings. The van der Waals surface area contributed by atoms with Crippen molar-refractivity contribution in [1.82, 2.24) is 10.2 Å². The van der Waals surface area contributed by atoms with Gasteiger partial charge in [0.2, 0.25) is 0 Å². The Kier molecular flexibility index (Phi) is 6.99. The van der Waals surface area contributed by atoms with E-state index in [2.05, 4.69) is 39.1 Å². The van der Waals surface area contributed by atoms with Crippen LogP contribution in [0.5, 0.6) is 0 Å². The van der Waals surface area contributed by atoms with Gasteiger partial charge in [0, 0.05) is 27.2 Å². The second-order valence-electron chi connectivity index (χ2n) is 4.71. The van der Waals surface area contributed by atoms with E-state index in [9.17, 15) is 0 Å². The third-order valence-electron chi connectivity index (χ3n) is 3.36. The average Bonchev–Trinajstić information content (AvgIpc) is 2.77. The van der Waals surface area contributed by atoms with Gasteiger partial charge in [0.1, 0.15) is 0 Å². The van der Waals surface area contributed by atoms with Crippen LogP contribution >= 0.6 is 35.3 Å². The predicted octanol–water partition coefficient (Wildman–Crippen LogP) is 3.17. The van der Waals surface area contributed by atoms with Crippen molar-refractivity contribution >= 4 is 41.3 Å². The van der Waals surface area contributed by atoms with Crippen LogP contribution in [0.2, 0.25) is 0 Å². The summed E-state index contributed by atoms with van der Waals surface area (Å²) >= 11 is 1.74. The molecule has 102 valence electrons. The van der Waals surface area contributed by atoms with Crippen molar-refractivity contribution in [3.8, 4) is 0 Å². The number of hydrogen-bond donors (Lipinski definition) is 1. The summed E-state index contributed by atoms with van der Waals surface area (Å²) in [6, 6.07) is 2.15. The second-order valence-corrected chi connectivity index (χ2v) is 5.49. The number of rotatable bonds is 4. The number of thiophene rings is 1. The highest BCUT2D eigenvalue weighted by molar-refractivity contribution is 14.0. The van der Waals surface area contributed by atoms with Gasteiger partial charge in [-0.05, 0) is 41.1 Å². The first-order valence-electron chi connectivity index (χ1n) is 6.22. The summed E-state index contributed by atoms with van der Waals surface area (Å²) in [5, 5.41) is 7.69. The largest absolute Gasteiger partial charge is 0.352 e. The number of nitrogens with one attached hydrogen (secondary N) is 1. The van der Waals surface area contributed by atoms with Crippen LogP contribution in [0.1, 0.15) is 24.8 Å². The van der Waals surface area contributed by atoms with E-state index in [1.807, 2.05) is 7.05 Å². The van der Waals surface area contributed by atoms with E-state index in [-0.39, 0.29) is 24.0 Å². The quantitative estimate of drug-likeness (QED) is 0.495. The Morgan fingerprint density at radius 2 is 2.33 bits per heavy atom. The van der Waals surface area contributed by atoms with Crippen LogP contribution < -0.4 is 5.32 Å². The maximum atomic E-state index is 4.33. The van der Waals surface area contributed by atoms with Crippen LogP contribution in [0.25, 0.3) is 0 Å². The molecule has 1 aliphatic carbocycles. The fraction of sp³-hybridized carbons (Fsp3) is 0.615. The van der Waals surface area contributed by atoms with Gasteiger partial charge in [0.05, 0.1) is 0 Å². The van der Waals surface area contributed by atoms with Gasteiger partial charge in [-0.1, -0.05) is 6.42 Å². The molecule has 1 fully saturated rings. The van der Waals surface area contributed by atoms with Crippen molar-refractivity contribution in [1.29, 1.82) is 0 Å². The van der Waals surface area contributed by atoms with Crippen molar-refractivity contribution in [2.24, 2.45) is 10.9 Å². The molecule has 1 N–H and O–H groups in total. The van der Waals surface area contributed by atoms with Gasteiger partial charge in [-0.3, -0.25) is 4.99 Å². The van der Waals surface area contributed by atoms with E-state index < -0.39 is 0 Å². The van der Waals surface area contributed by atoms with Crippen molar-refractivity contribution in [3.05, 3.63) is 22.4 Å². The summed E-state index contributed by atoms with van der Waals surface area (Å²) in [6.07, 6.45) is 4.16. The molecule has 1 aromatic heterocycles. The molecule has 1 heterocycles. The average molecular weight is 379 g/mol. The van der Waals surface area contributed by atoms with E-state index in [4.69, 9.17) is 0 Å². The molecule has 0 spiro atoms. The molecule has 1 aromatic rings. The summed E-state index contributed by atoms with van der Waals surface area (Å²) in [7, 11) is 3.98. The highest BCUT2D eigenvalue weighted by Crippen LogP contribution is 2.26. The molecular weight excluding hydrogens is 357 g/mol. The summed E-state index contributed by atoms with van der Waals surface area (Å²) in [4.78, 5) is 6.58. The smallest absolute Gasteiger partial charge is 0.193 e. The number of halogens is 1. The molecule has 0 aromatic carbocycles. The number of aliphatic imine (C=N–C) groups is 1. The van der Waals surface area contributed by atoms with E-state index in [0.29, 0.717) is 0 Å². The Labute approximate surface area is 131 Å². The van der Waals surface area contributed by atoms with Crippen LogP contribution in [0, 0.1) is 5.92 Å². The minimum atomic E-state index is 0. The summed E-state index contributed by atoms with van der Waals surface area (Å²) < 4.78 is 0. The minimum Gasteiger partial charge on any atom is -0.352 e. The van der Waals surface area contributed by atoms with Gasteiger partial charge in [0.15, 0.2) is 5.96 Å². The molecule has 1 saturated carbocycles. The first-order valence-corrected chi connectivity index (χ1v) is 7.16. The Morgan fingerprint density at radius 1 is 1.56 bits per heavy atom. The molecule has 18 heavy (non-hydrogen) atoms. The lowest BCUT2D eigenvalue weighted by atomic mass is 9.85. The molecule has 0 atom stereocenters. The Balaban J connectivity index is 0.00000162. The van der Waals surface area contributed by atoms with Crippen molar-refractivity contribution in [3.63, 3.8) is 0 Å². The normalized spacial score (nSPS) is 15.8. The molecule has 0 amide bonds. The standard InChI is InChI=1S/C13H21N3S.HI/c1-14-13(15-8-12-6-7-17-10-12)16(2)9-11-4-3-5-11;/h6-7,10-11H,3-5,8-9H2,1-2H3,(H,14,15);1H. The van der Waals surface area contributed by atoms with Gasteiger partial charge in [-0.15, -0.1) is 24.0 Å². The third kappa shape index (κ3) is 4.42. The molecule has 0 aliphatic heterocycles. The van der Waals surface area contributed by atoms with Gasteiger partial charge in [-0.25, -0.2) is 0 Å². The zero-order valence-corrected chi connectivity index (χ0v) is 14.2.